The van der Waals surface area contributed by atoms with Crippen molar-refractivity contribution in [2.24, 2.45) is 0 Å². The van der Waals surface area contributed by atoms with Crippen LogP contribution in [0.2, 0.25) is 0 Å². The van der Waals surface area contributed by atoms with Crippen molar-refractivity contribution in [2.75, 3.05) is 0 Å². The zero-order valence-electron chi connectivity index (χ0n) is 18.2. The molecule has 0 spiro atoms. The molecule has 2 aromatic heterocycles. The Hall–Kier alpha value is -3.39. The fourth-order valence-corrected chi connectivity index (χ4v) is 5.03. The molecule has 0 bridgehead atoms. The van der Waals surface area contributed by atoms with Crippen LogP contribution in [0.3, 0.4) is 0 Å². The summed E-state index contributed by atoms with van der Waals surface area (Å²) in [5, 5.41) is 14.4. The van der Waals surface area contributed by atoms with Gasteiger partial charge in [0.15, 0.2) is 22.5 Å². The molecule has 168 valence electrons. The van der Waals surface area contributed by atoms with E-state index in [1.54, 1.807) is 36.0 Å². The first-order valence-electron chi connectivity index (χ1n) is 10.9. The van der Waals surface area contributed by atoms with Gasteiger partial charge in [-0.05, 0) is 49.1 Å². The summed E-state index contributed by atoms with van der Waals surface area (Å²) in [6.07, 6.45) is 5.05. The topological polar surface area (TPSA) is 57.8 Å². The van der Waals surface area contributed by atoms with Crippen molar-refractivity contribution in [3.05, 3.63) is 95.8 Å². The first kappa shape index (κ1) is 21.5. The van der Waals surface area contributed by atoms with Gasteiger partial charge in [-0.1, -0.05) is 48.2 Å². The van der Waals surface area contributed by atoms with Crippen molar-refractivity contribution < 1.29 is 9.13 Å². The molecule has 0 saturated carbocycles. The molecular formula is C25H24FN5OS. The number of ether oxygens (including phenoxy) is 1. The van der Waals surface area contributed by atoms with E-state index >= 15 is 0 Å². The van der Waals surface area contributed by atoms with E-state index in [9.17, 15) is 4.39 Å². The third kappa shape index (κ3) is 4.43. The molecule has 6 nitrogen and oxygen atoms in total. The summed E-state index contributed by atoms with van der Waals surface area (Å²) in [6, 6.07) is 16.6. The smallest absolute Gasteiger partial charge is 0.191 e. The second-order valence-electron chi connectivity index (χ2n) is 7.78. The quantitative estimate of drug-likeness (QED) is 0.255. The van der Waals surface area contributed by atoms with Gasteiger partial charge in [-0.25, -0.2) is 9.07 Å². The molecule has 5 rings (SSSR count). The molecule has 33 heavy (non-hydrogen) atoms. The number of aromatic nitrogens is 5. The molecule has 0 saturated heterocycles. The van der Waals surface area contributed by atoms with E-state index in [1.807, 2.05) is 22.8 Å². The second kappa shape index (κ2) is 9.62. The van der Waals surface area contributed by atoms with Crippen LogP contribution in [0, 0.1) is 5.82 Å². The number of rotatable bonds is 9. The Labute approximate surface area is 196 Å². The van der Waals surface area contributed by atoms with Crippen LogP contribution in [0.5, 0.6) is 5.75 Å². The summed E-state index contributed by atoms with van der Waals surface area (Å²) < 4.78 is 23.6. The van der Waals surface area contributed by atoms with E-state index in [4.69, 9.17) is 9.84 Å². The summed E-state index contributed by atoms with van der Waals surface area (Å²) >= 11 is 1.60. The number of nitrogens with zero attached hydrogens (tertiary/aromatic N) is 5. The van der Waals surface area contributed by atoms with E-state index in [2.05, 4.69) is 33.6 Å². The molecular weight excluding hydrogens is 437 g/mol. The third-order valence-electron chi connectivity index (χ3n) is 5.65. The van der Waals surface area contributed by atoms with Gasteiger partial charge in [0.2, 0.25) is 0 Å². The Morgan fingerprint density at radius 2 is 1.88 bits per heavy atom. The zero-order chi connectivity index (χ0) is 22.6. The molecule has 0 fully saturated rings. The predicted octanol–water partition coefficient (Wildman–Crippen LogP) is 5.15. The number of allylic oxidation sites excluding steroid dienone is 1. The van der Waals surface area contributed by atoms with Crippen LogP contribution in [-0.4, -0.2) is 24.5 Å². The van der Waals surface area contributed by atoms with Crippen LogP contribution in [0.4, 0.5) is 4.39 Å². The van der Waals surface area contributed by atoms with E-state index in [-0.39, 0.29) is 12.4 Å². The number of halogens is 1. The molecule has 0 unspecified atom stereocenters. The van der Waals surface area contributed by atoms with Crippen LogP contribution >= 0.6 is 11.8 Å². The summed E-state index contributed by atoms with van der Waals surface area (Å²) in [5.74, 6) is 1.12. The molecule has 4 aromatic rings. The Kier molecular flexibility index (Phi) is 6.26. The fourth-order valence-electron chi connectivity index (χ4n) is 4.09. The van der Waals surface area contributed by atoms with E-state index in [0.29, 0.717) is 18.1 Å². The maximum absolute atomic E-state index is 13.9. The minimum absolute atomic E-state index is 0.125. The number of para-hydroxylation sites is 2. The van der Waals surface area contributed by atoms with Gasteiger partial charge in [-0.2, -0.15) is 5.10 Å². The Bertz CT molecular complexity index is 1270. The lowest BCUT2D eigenvalue weighted by Crippen LogP contribution is -2.08. The summed E-state index contributed by atoms with van der Waals surface area (Å²) in [5.41, 5.74) is 4.84. The highest BCUT2D eigenvalue weighted by Gasteiger charge is 2.24. The van der Waals surface area contributed by atoms with Gasteiger partial charge in [0.1, 0.15) is 6.61 Å². The average molecular weight is 462 g/mol. The lowest BCUT2D eigenvalue weighted by Gasteiger charge is -2.09. The molecule has 2 heterocycles. The largest absolute Gasteiger partial charge is 0.483 e. The van der Waals surface area contributed by atoms with Crippen molar-refractivity contribution in [1.29, 1.82) is 0 Å². The van der Waals surface area contributed by atoms with Crippen molar-refractivity contribution in [3.63, 3.8) is 0 Å². The molecule has 0 amide bonds. The van der Waals surface area contributed by atoms with Crippen molar-refractivity contribution in [3.8, 4) is 11.4 Å². The van der Waals surface area contributed by atoms with Gasteiger partial charge in [0, 0.05) is 18.0 Å². The van der Waals surface area contributed by atoms with Crippen LogP contribution in [0.1, 0.15) is 29.2 Å². The third-order valence-corrected chi connectivity index (χ3v) is 6.63. The van der Waals surface area contributed by atoms with Gasteiger partial charge in [0.25, 0.3) is 0 Å². The molecule has 0 aliphatic heterocycles. The molecule has 0 atom stereocenters. The Morgan fingerprint density at radius 1 is 1.06 bits per heavy atom. The van der Waals surface area contributed by atoms with E-state index in [0.717, 1.165) is 35.8 Å². The lowest BCUT2D eigenvalue weighted by atomic mass is 10.2. The SMILES string of the molecule is C=CCn1c(COc2ccccc2F)nnc1SCc1nn(-c2ccccc2)c2c1CCC2. The first-order valence-corrected chi connectivity index (χ1v) is 11.9. The number of benzene rings is 2. The van der Waals surface area contributed by atoms with Crippen molar-refractivity contribution in [2.45, 2.75) is 43.3 Å². The highest BCUT2D eigenvalue weighted by Crippen LogP contribution is 2.31. The monoisotopic (exact) mass is 461 g/mol. The van der Waals surface area contributed by atoms with Gasteiger partial charge < -0.3 is 4.74 Å². The van der Waals surface area contributed by atoms with Gasteiger partial charge >= 0.3 is 0 Å². The molecule has 0 radical (unpaired) electrons. The Morgan fingerprint density at radius 3 is 2.70 bits per heavy atom. The summed E-state index contributed by atoms with van der Waals surface area (Å²) in [7, 11) is 0. The Balaban J connectivity index is 1.34. The highest BCUT2D eigenvalue weighted by atomic mass is 32.2. The summed E-state index contributed by atoms with van der Waals surface area (Å²) in [4.78, 5) is 0. The van der Waals surface area contributed by atoms with E-state index in [1.165, 1.54) is 17.3 Å². The molecule has 8 heteroatoms. The maximum atomic E-state index is 13.9. The van der Waals surface area contributed by atoms with Gasteiger partial charge in [-0.3, -0.25) is 4.57 Å². The molecule has 1 aliphatic rings. The number of thioether (sulfide) groups is 1. The average Bonchev–Trinajstić information content (AvgIpc) is 3.55. The molecule has 0 N–H and O–H groups in total. The number of hydrogen-bond acceptors (Lipinski definition) is 5. The molecule has 1 aliphatic carbocycles. The standard InChI is InChI=1S/C25H24FN5OS/c1-2-15-30-24(16-32-23-14-7-6-12-20(23)26)27-28-25(30)33-17-21-19-11-8-13-22(19)31(29-21)18-9-4-3-5-10-18/h2-7,9-10,12,14H,1,8,11,13,15-17H2. The van der Waals surface area contributed by atoms with Crippen molar-refractivity contribution >= 4 is 11.8 Å². The van der Waals surface area contributed by atoms with Crippen LogP contribution in [0.15, 0.2) is 72.4 Å². The van der Waals surface area contributed by atoms with Crippen LogP contribution < -0.4 is 4.74 Å². The van der Waals surface area contributed by atoms with E-state index < -0.39 is 5.82 Å². The summed E-state index contributed by atoms with van der Waals surface area (Å²) in [6.45, 7) is 4.52. The zero-order valence-corrected chi connectivity index (χ0v) is 19.0. The lowest BCUT2D eigenvalue weighted by molar-refractivity contribution is 0.275. The predicted molar refractivity (Wildman–Crippen MR) is 126 cm³/mol. The maximum Gasteiger partial charge on any atom is 0.191 e. The second-order valence-corrected chi connectivity index (χ2v) is 8.72. The van der Waals surface area contributed by atoms with Gasteiger partial charge in [-0.15, -0.1) is 16.8 Å². The highest BCUT2D eigenvalue weighted by molar-refractivity contribution is 7.98. The number of fused-ring (bicyclic) bond motifs is 1. The first-order chi connectivity index (χ1) is 16.2. The van der Waals surface area contributed by atoms with Crippen LogP contribution in [0.25, 0.3) is 5.69 Å². The minimum Gasteiger partial charge on any atom is -0.483 e. The van der Waals surface area contributed by atoms with Crippen molar-refractivity contribution in [1.82, 2.24) is 24.5 Å². The number of hydrogen-bond donors (Lipinski definition) is 0. The fraction of sp³-hybridized carbons (Fsp3) is 0.240. The normalized spacial score (nSPS) is 12.6. The molecule has 2 aromatic carbocycles. The van der Waals surface area contributed by atoms with Gasteiger partial charge in [0.05, 0.1) is 11.4 Å². The minimum atomic E-state index is -0.398. The van der Waals surface area contributed by atoms with Crippen LogP contribution in [-0.2, 0) is 31.7 Å².